The maximum Gasteiger partial charge on any atom is 0.278 e. The highest BCUT2D eigenvalue weighted by atomic mass is 35.5. The van der Waals surface area contributed by atoms with Crippen molar-refractivity contribution in [3.63, 3.8) is 0 Å². The summed E-state index contributed by atoms with van der Waals surface area (Å²) in [5, 5.41) is 5.53. The van der Waals surface area contributed by atoms with Gasteiger partial charge in [0.25, 0.3) is 5.56 Å². The van der Waals surface area contributed by atoms with Gasteiger partial charge in [-0.3, -0.25) is 9.36 Å². The van der Waals surface area contributed by atoms with Gasteiger partial charge >= 0.3 is 0 Å². The minimum absolute atomic E-state index is 0.0412. The number of rotatable bonds is 6. The van der Waals surface area contributed by atoms with Gasteiger partial charge in [-0.1, -0.05) is 25.4 Å². The van der Waals surface area contributed by atoms with Crippen molar-refractivity contribution >= 4 is 17.1 Å². The molecule has 0 radical (unpaired) electrons. The number of benzene rings is 1. The fourth-order valence-electron chi connectivity index (χ4n) is 4.09. The van der Waals surface area contributed by atoms with E-state index in [1.807, 2.05) is 28.1 Å². The zero-order chi connectivity index (χ0) is 20.0. The van der Waals surface area contributed by atoms with Crippen molar-refractivity contribution in [1.29, 1.82) is 0 Å². The summed E-state index contributed by atoms with van der Waals surface area (Å²) in [6, 6.07) is 7.79. The molecule has 4 rings (SSSR count). The third-order valence-corrected chi connectivity index (χ3v) is 6.01. The van der Waals surface area contributed by atoms with Crippen LogP contribution in [0.1, 0.15) is 62.7 Å². The molecule has 0 N–H and O–H groups in total. The van der Waals surface area contributed by atoms with E-state index in [-0.39, 0.29) is 11.6 Å². The zero-order valence-electron chi connectivity index (χ0n) is 16.8. The zero-order valence-corrected chi connectivity index (χ0v) is 17.6. The molecule has 3 aromatic rings. The lowest BCUT2D eigenvalue weighted by Gasteiger charge is -2.17. The number of hydrogen-bond acceptors (Lipinski definition) is 3. The first-order valence-electron chi connectivity index (χ1n) is 9.98. The second kappa shape index (κ2) is 7.28. The van der Waals surface area contributed by atoms with Crippen LogP contribution in [0.5, 0.6) is 5.75 Å². The maximum absolute atomic E-state index is 13.7. The van der Waals surface area contributed by atoms with Crippen molar-refractivity contribution in [2.45, 2.75) is 58.4 Å². The highest BCUT2D eigenvalue weighted by Crippen LogP contribution is 2.40. The van der Waals surface area contributed by atoms with Crippen LogP contribution in [-0.2, 0) is 0 Å². The summed E-state index contributed by atoms with van der Waals surface area (Å²) >= 11 is 6.15. The summed E-state index contributed by atoms with van der Waals surface area (Å²) in [6.07, 6.45) is 4.01. The number of methoxy groups -OCH3 is 1. The molecule has 1 aromatic carbocycles. The van der Waals surface area contributed by atoms with Crippen molar-refractivity contribution in [2.75, 3.05) is 7.11 Å². The van der Waals surface area contributed by atoms with Gasteiger partial charge in [0.15, 0.2) is 5.82 Å². The largest absolute Gasteiger partial charge is 0.496 e. The molecule has 1 fully saturated rings. The van der Waals surface area contributed by atoms with Gasteiger partial charge in [-0.2, -0.15) is 0 Å². The minimum Gasteiger partial charge on any atom is -0.496 e. The summed E-state index contributed by atoms with van der Waals surface area (Å²) in [7, 11) is 1.61. The van der Waals surface area contributed by atoms with Crippen LogP contribution in [0.25, 0.3) is 16.9 Å². The van der Waals surface area contributed by atoms with Gasteiger partial charge in [0.1, 0.15) is 11.3 Å². The minimum atomic E-state index is 0.0412. The van der Waals surface area contributed by atoms with Gasteiger partial charge in [0, 0.05) is 16.8 Å². The van der Waals surface area contributed by atoms with E-state index >= 15 is 0 Å². The molecule has 0 amide bonds. The van der Waals surface area contributed by atoms with E-state index < -0.39 is 0 Å². The molecule has 0 unspecified atom stereocenters. The molecule has 0 saturated heterocycles. The molecule has 1 aliphatic rings. The molecule has 0 bridgehead atoms. The Labute approximate surface area is 169 Å². The molecular weight excluding hydrogens is 374 g/mol. The van der Waals surface area contributed by atoms with Crippen LogP contribution >= 0.6 is 11.6 Å². The lowest BCUT2D eigenvalue weighted by molar-refractivity contribution is 0.415. The Balaban J connectivity index is 2.06. The first-order chi connectivity index (χ1) is 13.5. The van der Waals surface area contributed by atoms with Gasteiger partial charge in [-0.05, 0) is 68.4 Å². The fourth-order valence-corrected chi connectivity index (χ4v) is 4.26. The van der Waals surface area contributed by atoms with Crippen LogP contribution in [0.2, 0.25) is 5.02 Å². The molecule has 0 spiro atoms. The Morgan fingerprint density at radius 1 is 1.25 bits per heavy atom. The SMILES string of the molecule is CCC(CC)c1cc(C)n2nc(-c3ccc(Cl)cc3OC)n(C3CC3)c(=O)c12. The van der Waals surface area contributed by atoms with Gasteiger partial charge in [-0.15, -0.1) is 5.10 Å². The van der Waals surface area contributed by atoms with Crippen LogP contribution in [0.15, 0.2) is 29.1 Å². The maximum atomic E-state index is 13.7. The van der Waals surface area contributed by atoms with Gasteiger partial charge in [-0.25, -0.2) is 4.52 Å². The smallest absolute Gasteiger partial charge is 0.278 e. The van der Waals surface area contributed by atoms with Crippen LogP contribution in [0, 0.1) is 6.92 Å². The molecule has 1 saturated carbocycles. The summed E-state index contributed by atoms with van der Waals surface area (Å²) < 4.78 is 9.23. The van der Waals surface area contributed by atoms with Crippen LogP contribution in [0.3, 0.4) is 0 Å². The first-order valence-corrected chi connectivity index (χ1v) is 10.4. The Bertz CT molecular complexity index is 1090. The Kier molecular flexibility index (Phi) is 4.96. The molecule has 2 aromatic heterocycles. The Hall–Kier alpha value is -2.27. The Morgan fingerprint density at radius 3 is 2.57 bits per heavy atom. The molecule has 2 heterocycles. The van der Waals surface area contributed by atoms with E-state index in [1.165, 1.54) is 0 Å². The van der Waals surface area contributed by atoms with E-state index in [1.54, 1.807) is 13.2 Å². The molecule has 1 aliphatic carbocycles. The van der Waals surface area contributed by atoms with Crippen molar-refractivity contribution in [2.24, 2.45) is 0 Å². The predicted octanol–water partition coefficient (Wildman–Crippen LogP) is 5.37. The third-order valence-electron chi connectivity index (χ3n) is 5.77. The molecule has 5 nitrogen and oxygen atoms in total. The second-order valence-electron chi connectivity index (χ2n) is 7.59. The van der Waals surface area contributed by atoms with E-state index in [0.29, 0.717) is 22.5 Å². The molecule has 0 aliphatic heterocycles. The number of halogens is 1. The molecule has 28 heavy (non-hydrogen) atoms. The van der Waals surface area contributed by atoms with Gasteiger partial charge in [0.05, 0.1) is 12.7 Å². The number of ether oxygens (including phenoxy) is 1. The lowest BCUT2D eigenvalue weighted by Crippen LogP contribution is -2.26. The van der Waals surface area contributed by atoms with Crippen LogP contribution in [0.4, 0.5) is 0 Å². The quantitative estimate of drug-likeness (QED) is 0.559. The van der Waals surface area contributed by atoms with E-state index in [4.69, 9.17) is 21.4 Å². The van der Waals surface area contributed by atoms with Crippen molar-refractivity contribution in [3.05, 3.63) is 50.9 Å². The van der Waals surface area contributed by atoms with Gasteiger partial charge in [0.2, 0.25) is 0 Å². The highest BCUT2D eigenvalue weighted by molar-refractivity contribution is 6.30. The number of hydrogen-bond donors (Lipinski definition) is 0. The number of aromatic nitrogens is 3. The average Bonchev–Trinajstić information content (AvgIpc) is 3.47. The van der Waals surface area contributed by atoms with Crippen molar-refractivity contribution in [3.8, 4) is 17.1 Å². The molecule has 0 atom stereocenters. The lowest BCUT2D eigenvalue weighted by atomic mass is 9.95. The fraction of sp³-hybridized carbons (Fsp3) is 0.455. The molecular formula is C22H26ClN3O2. The van der Waals surface area contributed by atoms with E-state index in [0.717, 1.165) is 48.0 Å². The first kappa shape index (κ1) is 19.1. The summed E-state index contributed by atoms with van der Waals surface area (Å²) in [6.45, 7) is 6.36. The number of aryl methyl sites for hydroxylation is 1. The number of fused-ring (bicyclic) bond motifs is 1. The number of nitrogens with zero attached hydrogens (tertiary/aromatic N) is 3. The van der Waals surface area contributed by atoms with E-state index in [9.17, 15) is 4.79 Å². The standard InChI is InChI=1S/C22H26ClN3O2/c1-5-14(6-2)18-11-13(3)26-20(18)22(27)25(16-8-9-16)21(24-26)17-10-7-15(23)12-19(17)28-4/h7,10-12,14,16H,5-6,8-9H2,1-4H3. The topological polar surface area (TPSA) is 48.5 Å². The normalized spacial score (nSPS) is 14.2. The van der Waals surface area contributed by atoms with Gasteiger partial charge < -0.3 is 4.74 Å². The second-order valence-corrected chi connectivity index (χ2v) is 8.03. The predicted molar refractivity (Wildman–Crippen MR) is 113 cm³/mol. The summed E-state index contributed by atoms with van der Waals surface area (Å²) in [4.78, 5) is 13.7. The monoisotopic (exact) mass is 399 g/mol. The molecule has 148 valence electrons. The van der Waals surface area contributed by atoms with E-state index in [2.05, 4.69) is 19.9 Å². The molecule has 6 heteroatoms. The third kappa shape index (κ3) is 3.02. The van der Waals surface area contributed by atoms with Crippen molar-refractivity contribution < 1.29 is 4.74 Å². The summed E-state index contributed by atoms with van der Waals surface area (Å²) in [5.74, 6) is 1.63. The van der Waals surface area contributed by atoms with Crippen LogP contribution < -0.4 is 10.3 Å². The Morgan fingerprint density at radius 2 is 1.96 bits per heavy atom. The average molecular weight is 400 g/mol. The van der Waals surface area contributed by atoms with Crippen LogP contribution in [-0.4, -0.2) is 21.3 Å². The van der Waals surface area contributed by atoms with Crippen molar-refractivity contribution in [1.82, 2.24) is 14.2 Å². The summed E-state index contributed by atoms with van der Waals surface area (Å²) in [5.41, 5.74) is 3.64. The highest BCUT2D eigenvalue weighted by Gasteiger charge is 2.31.